The molecular formula is C37H39Cl2F4N5O3S. The summed E-state index contributed by atoms with van der Waals surface area (Å²) in [5.74, 6) is 0.0625. The Kier molecular flexibility index (Phi) is 10.1. The lowest BCUT2D eigenvalue weighted by molar-refractivity contribution is -0.121. The van der Waals surface area contributed by atoms with Gasteiger partial charge in [-0.3, -0.25) is 9.69 Å². The number of nitrogens with one attached hydrogen (secondary N) is 1. The molecule has 4 heterocycles. The molecular weight excluding hydrogens is 741 g/mol. The highest BCUT2D eigenvalue weighted by molar-refractivity contribution is 7.89. The summed E-state index contributed by atoms with van der Waals surface area (Å²) in [6.45, 7) is 1.61. The van der Waals surface area contributed by atoms with E-state index in [1.54, 1.807) is 12.1 Å². The number of benzene rings is 3. The molecule has 278 valence electrons. The van der Waals surface area contributed by atoms with E-state index in [4.69, 9.17) is 28.2 Å². The molecule has 2 bridgehead atoms. The molecule has 1 amide bonds. The van der Waals surface area contributed by atoms with Gasteiger partial charge in [0.15, 0.2) is 0 Å². The van der Waals surface area contributed by atoms with Gasteiger partial charge in [0.1, 0.15) is 23.1 Å². The summed E-state index contributed by atoms with van der Waals surface area (Å²) in [4.78, 5) is 22.1. The number of para-hydroxylation sites is 2. The van der Waals surface area contributed by atoms with Crippen molar-refractivity contribution in [2.24, 2.45) is 0 Å². The number of rotatable bonds is 9. The maximum Gasteiger partial charge on any atom is 0.402 e. The van der Waals surface area contributed by atoms with Crippen molar-refractivity contribution in [3.05, 3.63) is 93.5 Å². The van der Waals surface area contributed by atoms with Crippen LogP contribution >= 0.6 is 23.2 Å². The third-order valence-corrected chi connectivity index (χ3v) is 13.6. The van der Waals surface area contributed by atoms with Crippen LogP contribution in [0.5, 0.6) is 0 Å². The van der Waals surface area contributed by atoms with Gasteiger partial charge in [0.25, 0.3) is 5.91 Å². The number of hydrogen-bond acceptors (Lipinski definition) is 5. The van der Waals surface area contributed by atoms with Crippen molar-refractivity contribution in [3.63, 3.8) is 0 Å². The van der Waals surface area contributed by atoms with Crippen molar-refractivity contribution in [1.82, 2.24) is 24.1 Å². The smallest absolute Gasteiger partial charge is 0.338 e. The van der Waals surface area contributed by atoms with Gasteiger partial charge in [-0.15, -0.1) is 0 Å². The molecule has 0 unspecified atom stereocenters. The van der Waals surface area contributed by atoms with E-state index >= 15 is 0 Å². The number of likely N-dealkylation sites (tertiary alicyclic amines) is 1. The van der Waals surface area contributed by atoms with E-state index in [1.165, 1.54) is 21.2 Å². The zero-order chi connectivity index (χ0) is 37.0. The molecule has 1 N–H and O–H groups in total. The predicted molar refractivity (Wildman–Crippen MR) is 192 cm³/mol. The molecule has 0 radical (unpaired) electrons. The third-order valence-electron chi connectivity index (χ3n) is 11.3. The van der Waals surface area contributed by atoms with Crippen LogP contribution in [0.2, 0.25) is 10.0 Å². The first kappa shape index (κ1) is 37.1. The van der Waals surface area contributed by atoms with E-state index in [0.29, 0.717) is 31.0 Å². The van der Waals surface area contributed by atoms with Crippen LogP contribution in [-0.4, -0.2) is 78.1 Å². The quantitative estimate of drug-likeness (QED) is 0.174. The van der Waals surface area contributed by atoms with Gasteiger partial charge in [0.2, 0.25) is 10.0 Å². The SMILES string of the molecule is Cc1nc2ccccc2n1[C@H]1C[C@H]2CC[C@@H](C1)N2CCC1(c2cccc(F)c2)CCN(C(=O)c2c(Cl)ccc(S(=O)(=O)NCC(F)(F)F)c2Cl)CC1. The number of imidazole rings is 1. The van der Waals surface area contributed by atoms with Crippen LogP contribution < -0.4 is 4.72 Å². The number of nitrogens with zero attached hydrogens (tertiary/aromatic N) is 4. The van der Waals surface area contributed by atoms with Crippen molar-refractivity contribution >= 4 is 50.2 Å². The summed E-state index contributed by atoms with van der Waals surface area (Å²) < 4.78 is 82.4. The van der Waals surface area contributed by atoms with Gasteiger partial charge in [-0.1, -0.05) is 47.5 Å². The van der Waals surface area contributed by atoms with E-state index in [1.807, 2.05) is 12.1 Å². The second kappa shape index (κ2) is 14.2. The normalized spacial score (nSPS) is 22.3. The predicted octanol–water partition coefficient (Wildman–Crippen LogP) is 8.06. The number of halogens is 6. The van der Waals surface area contributed by atoms with Crippen LogP contribution in [0.25, 0.3) is 11.0 Å². The number of aryl methyl sites for hydroxylation is 1. The van der Waals surface area contributed by atoms with E-state index in [2.05, 4.69) is 34.6 Å². The fraction of sp³-hybridized carbons (Fsp3) is 0.459. The van der Waals surface area contributed by atoms with Crippen LogP contribution in [0.4, 0.5) is 17.6 Å². The first-order valence-electron chi connectivity index (χ1n) is 17.4. The number of piperidine rings is 2. The molecule has 1 aromatic heterocycles. The molecule has 3 aliphatic rings. The summed E-state index contributed by atoms with van der Waals surface area (Å²) in [5.41, 5.74) is 2.31. The number of fused-ring (bicyclic) bond motifs is 3. The summed E-state index contributed by atoms with van der Waals surface area (Å²) >= 11 is 12.8. The Morgan fingerprint density at radius 3 is 2.35 bits per heavy atom. The maximum absolute atomic E-state index is 14.7. The molecule has 15 heteroatoms. The molecule has 3 atom stereocenters. The lowest BCUT2D eigenvalue weighted by Crippen LogP contribution is -2.49. The third kappa shape index (κ3) is 7.19. The van der Waals surface area contributed by atoms with Crippen molar-refractivity contribution in [1.29, 1.82) is 0 Å². The Hall–Kier alpha value is -3.23. The molecule has 4 aromatic rings. The zero-order valence-corrected chi connectivity index (χ0v) is 30.8. The largest absolute Gasteiger partial charge is 0.402 e. The average Bonchev–Trinajstić information content (AvgIpc) is 3.56. The van der Waals surface area contributed by atoms with Crippen molar-refractivity contribution < 1.29 is 30.8 Å². The summed E-state index contributed by atoms with van der Waals surface area (Å²) in [6, 6.07) is 18.2. The van der Waals surface area contributed by atoms with E-state index < -0.39 is 44.0 Å². The fourth-order valence-corrected chi connectivity index (χ4v) is 10.7. The summed E-state index contributed by atoms with van der Waals surface area (Å²) in [6.07, 6.45) is 1.25. The first-order valence-corrected chi connectivity index (χ1v) is 19.7. The number of carbonyl (C=O) groups excluding carboxylic acids is 1. The Morgan fingerprint density at radius 2 is 1.67 bits per heavy atom. The number of hydrogen-bond donors (Lipinski definition) is 1. The van der Waals surface area contributed by atoms with Crippen LogP contribution in [0.3, 0.4) is 0 Å². The van der Waals surface area contributed by atoms with Gasteiger partial charge < -0.3 is 9.47 Å². The number of alkyl halides is 3. The number of amides is 1. The van der Waals surface area contributed by atoms with E-state index in [-0.39, 0.29) is 29.5 Å². The van der Waals surface area contributed by atoms with Crippen LogP contribution in [0, 0.1) is 12.7 Å². The first-order chi connectivity index (χ1) is 24.7. The molecule has 3 aliphatic heterocycles. The van der Waals surface area contributed by atoms with Gasteiger partial charge in [-0.05, 0) is 106 Å². The Labute approximate surface area is 310 Å². The van der Waals surface area contributed by atoms with Gasteiger partial charge >= 0.3 is 6.18 Å². The minimum absolute atomic E-state index is 0.121. The Bertz CT molecular complexity index is 2090. The average molecular weight is 781 g/mol. The van der Waals surface area contributed by atoms with Gasteiger partial charge in [-0.2, -0.15) is 13.2 Å². The van der Waals surface area contributed by atoms with Crippen LogP contribution in [0.15, 0.2) is 65.6 Å². The van der Waals surface area contributed by atoms with E-state index in [9.17, 15) is 30.8 Å². The van der Waals surface area contributed by atoms with Crippen molar-refractivity contribution in [2.45, 2.75) is 86.5 Å². The molecule has 0 aliphatic carbocycles. The summed E-state index contributed by atoms with van der Waals surface area (Å²) in [7, 11) is -4.71. The second-order valence-corrected chi connectivity index (χ2v) is 16.8. The minimum Gasteiger partial charge on any atom is -0.338 e. The fourth-order valence-electron chi connectivity index (χ4n) is 8.78. The van der Waals surface area contributed by atoms with Crippen molar-refractivity contribution in [2.75, 3.05) is 26.2 Å². The Morgan fingerprint density at radius 1 is 0.981 bits per heavy atom. The lowest BCUT2D eigenvalue weighted by atomic mass is 9.70. The highest BCUT2D eigenvalue weighted by Gasteiger charge is 2.45. The van der Waals surface area contributed by atoms with Crippen LogP contribution in [0.1, 0.15) is 72.7 Å². The zero-order valence-electron chi connectivity index (χ0n) is 28.5. The Balaban J connectivity index is 1.08. The number of aromatic nitrogens is 2. The number of sulfonamides is 1. The molecule has 8 nitrogen and oxygen atoms in total. The standard InChI is InChI=1S/C37H39Cl2F4N5O3S/c1-23-45-30-7-2-3-8-31(30)48(23)28-20-26-9-10-27(21-28)47(26)18-15-36(24-5-4-6-25(40)19-24)13-16-46(17-14-36)35(49)33-29(38)11-12-32(34(33)39)52(50,51)44-22-37(41,42)43/h2-8,11-12,19,26-28,44H,9-10,13-18,20-22H2,1H3/t26-,27+,28+. The molecule has 3 saturated heterocycles. The van der Waals surface area contributed by atoms with Gasteiger partial charge in [-0.25, -0.2) is 22.5 Å². The maximum atomic E-state index is 14.7. The monoisotopic (exact) mass is 779 g/mol. The van der Waals surface area contributed by atoms with Crippen molar-refractivity contribution in [3.8, 4) is 0 Å². The highest BCUT2D eigenvalue weighted by atomic mass is 35.5. The summed E-state index contributed by atoms with van der Waals surface area (Å²) in [5, 5.41) is -0.670. The minimum atomic E-state index is -4.79. The molecule has 3 fully saturated rings. The second-order valence-electron chi connectivity index (χ2n) is 14.3. The number of carbonyl (C=O) groups is 1. The topological polar surface area (TPSA) is 87.5 Å². The van der Waals surface area contributed by atoms with Gasteiger partial charge in [0.05, 0.1) is 26.6 Å². The molecule has 52 heavy (non-hydrogen) atoms. The molecule has 3 aromatic carbocycles. The highest BCUT2D eigenvalue weighted by Crippen LogP contribution is 2.45. The van der Waals surface area contributed by atoms with E-state index in [0.717, 1.165) is 67.7 Å². The van der Waals surface area contributed by atoms with Crippen LogP contribution in [-0.2, 0) is 15.4 Å². The van der Waals surface area contributed by atoms with Gasteiger partial charge in [0, 0.05) is 31.2 Å². The lowest BCUT2D eigenvalue weighted by Gasteiger charge is -2.45. The molecule has 0 spiro atoms. The molecule has 7 rings (SSSR count). The molecule has 0 saturated carbocycles.